The van der Waals surface area contributed by atoms with Gasteiger partial charge in [0.25, 0.3) is 0 Å². The zero-order valence-electron chi connectivity index (χ0n) is 18.8. The van der Waals surface area contributed by atoms with Crippen molar-refractivity contribution in [2.45, 2.75) is 83.3 Å². The van der Waals surface area contributed by atoms with Gasteiger partial charge in [0.15, 0.2) is 6.10 Å². The molecule has 2 N–H and O–H groups in total. The van der Waals surface area contributed by atoms with Crippen LogP contribution in [-0.4, -0.2) is 66.5 Å². The van der Waals surface area contributed by atoms with Gasteiger partial charge in [-0.05, 0) is 44.9 Å². The van der Waals surface area contributed by atoms with E-state index in [1.807, 2.05) is 33.3 Å². The Morgan fingerprint density at radius 3 is 2.24 bits per heavy atom. The molecule has 0 aromatic heterocycles. The molecule has 2 unspecified atom stereocenters. The summed E-state index contributed by atoms with van der Waals surface area (Å²) in [7, 11) is 5.83. The summed E-state index contributed by atoms with van der Waals surface area (Å²) in [6.45, 7) is 2.59. The van der Waals surface area contributed by atoms with Crippen LogP contribution in [0.15, 0.2) is 24.3 Å². The topological polar surface area (TPSA) is 83.8 Å². The van der Waals surface area contributed by atoms with Gasteiger partial charge in [0.2, 0.25) is 0 Å². The maximum Gasteiger partial charge on any atom is 0.307 e. The zero-order valence-corrected chi connectivity index (χ0v) is 18.8. The van der Waals surface area contributed by atoms with Crippen molar-refractivity contribution in [2.24, 2.45) is 0 Å². The Hall–Kier alpha value is -1.66. The fourth-order valence-corrected chi connectivity index (χ4v) is 2.92. The number of likely N-dealkylation sites (N-methyl/N-ethyl adjacent to an activating group) is 1. The Morgan fingerprint density at radius 2 is 1.66 bits per heavy atom. The van der Waals surface area contributed by atoms with E-state index in [-0.39, 0.29) is 18.5 Å². The van der Waals surface area contributed by atoms with Gasteiger partial charge in [0.05, 0.1) is 33.7 Å². The molecule has 0 fully saturated rings. The number of aliphatic hydroxyl groups excluding tert-OH is 1. The summed E-state index contributed by atoms with van der Waals surface area (Å²) in [6.07, 6.45) is 14.7. The highest BCUT2D eigenvalue weighted by Gasteiger charge is 2.24. The SMILES string of the molecule is CCC/C=C/C(O)CCC/C=C/CCCCC(=O)OC(CC(=O)O)C[N+](C)(C)C. The van der Waals surface area contributed by atoms with Crippen molar-refractivity contribution in [1.82, 2.24) is 0 Å². The van der Waals surface area contributed by atoms with Crippen molar-refractivity contribution in [1.29, 1.82) is 0 Å². The average Bonchev–Trinajstić information content (AvgIpc) is 2.58. The van der Waals surface area contributed by atoms with Crippen LogP contribution in [-0.2, 0) is 14.3 Å². The number of hydrogen-bond acceptors (Lipinski definition) is 4. The Bertz CT molecular complexity index is 508. The summed E-state index contributed by atoms with van der Waals surface area (Å²) in [4.78, 5) is 22.9. The maximum atomic E-state index is 12.0. The first-order valence-electron chi connectivity index (χ1n) is 10.9. The number of nitrogens with zero attached hydrogens (tertiary/aromatic N) is 1. The molecule has 0 aliphatic heterocycles. The van der Waals surface area contributed by atoms with E-state index in [2.05, 4.69) is 19.1 Å². The van der Waals surface area contributed by atoms with E-state index in [4.69, 9.17) is 9.84 Å². The molecule has 0 aromatic rings. The largest absolute Gasteiger partial charge is 0.481 e. The molecule has 0 aromatic carbocycles. The predicted molar refractivity (Wildman–Crippen MR) is 117 cm³/mol. The number of quaternary nitrogens is 1. The van der Waals surface area contributed by atoms with E-state index in [1.54, 1.807) is 0 Å². The second kappa shape index (κ2) is 16.2. The first-order valence-corrected chi connectivity index (χ1v) is 10.9. The Labute approximate surface area is 176 Å². The van der Waals surface area contributed by atoms with Crippen molar-refractivity contribution in [3.8, 4) is 0 Å². The summed E-state index contributed by atoms with van der Waals surface area (Å²) in [5.41, 5.74) is 0. The number of rotatable bonds is 17. The highest BCUT2D eigenvalue weighted by atomic mass is 16.5. The van der Waals surface area contributed by atoms with E-state index in [9.17, 15) is 14.7 Å². The lowest BCUT2D eigenvalue weighted by molar-refractivity contribution is -0.873. The molecule has 0 amide bonds. The molecule has 6 nitrogen and oxygen atoms in total. The van der Waals surface area contributed by atoms with Crippen molar-refractivity contribution >= 4 is 11.9 Å². The number of hydrogen-bond donors (Lipinski definition) is 2. The molecule has 0 aliphatic carbocycles. The summed E-state index contributed by atoms with van der Waals surface area (Å²) in [6, 6.07) is 0. The number of carbonyl (C=O) groups excluding carboxylic acids is 1. The molecule has 0 spiro atoms. The standard InChI is InChI=1S/C23H41NO5/c1-5-6-12-15-20(25)16-13-10-8-7-9-11-14-17-23(28)29-21(18-22(26)27)19-24(2,3)4/h7-8,12,15,20-21,25H,5-6,9-11,13-14,16-19H2,1-4H3/p+1/b8-7+,15-12+. The third kappa shape index (κ3) is 19.4. The Balaban J connectivity index is 3.88. The van der Waals surface area contributed by atoms with Crippen LogP contribution in [0.3, 0.4) is 0 Å². The molecular weight excluding hydrogens is 370 g/mol. The van der Waals surface area contributed by atoms with Gasteiger partial charge in [0, 0.05) is 6.42 Å². The van der Waals surface area contributed by atoms with E-state index in [0.717, 1.165) is 51.4 Å². The second-order valence-electron chi connectivity index (χ2n) is 8.61. The van der Waals surface area contributed by atoms with Crippen LogP contribution in [0.1, 0.15) is 71.1 Å². The van der Waals surface area contributed by atoms with Crippen LogP contribution in [0.2, 0.25) is 0 Å². The van der Waals surface area contributed by atoms with Crippen LogP contribution in [0.4, 0.5) is 0 Å². The van der Waals surface area contributed by atoms with Crippen LogP contribution in [0.5, 0.6) is 0 Å². The van der Waals surface area contributed by atoms with Crippen molar-refractivity contribution < 1.29 is 29.0 Å². The van der Waals surface area contributed by atoms with E-state index in [1.165, 1.54) is 0 Å². The van der Waals surface area contributed by atoms with E-state index < -0.39 is 12.1 Å². The predicted octanol–water partition coefficient (Wildman–Crippen LogP) is 4.08. The smallest absolute Gasteiger partial charge is 0.307 e. The molecule has 29 heavy (non-hydrogen) atoms. The summed E-state index contributed by atoms with van der Waals surface area (Å²) in [5.74, 6) is -1.27. The van der Waals surface area contributed by atoms with Gasteiger partial charge >= 0.3 is 11.9 Å². The monoisotopic (exact) mass is 412 g/mol. The number of aliphatic carboxylic acids is 1. The molecule has 6 heteroatoms. The number of unbranched alkanes of at least 4 members (excludes halogenated alkanes) is 4. The Kier molecular flexibility index (Phi) is 15.2. The molecule has 168 valence electrons. The first kappa shape index (κ1) is 27.3. The van der Waals surface area contributed by atoms with Crippen molar-refractivity contribution in [2.75, 3.05) is 27.7 Å². The van der Waals surface area contributed by atoms with E-state index in [0.29, 0.717) is 17.4 Å². The van der Waals surface area contributed by atoms with Gasteiger partial charge in [-0.25, -0.2) is 0 Å². The minimum absolute atomic E-state index is 0.160. The Morgan fingerprint density at radius 1 is 1.00 bits per heavy atom. The van der Waals surface area contributed by atoms with Gasteiger partial charge in [-0.1, -0.05) is 37.6 Å². The van der Waals surface area contributed by atoms with Gasteiger partial charge in [0.1, 0.15) is 6.54 Å². The summed E-state index contributed by atoms with van der Waals surface area (Å²) >= 11 is 0. The van der Waals surface area contributed by atoms with Crippen LogP contribution in [0, 0.1) is 0 Å². The first-order chi connectivity index (χ1) is 13.6. The highest BCUT2D eigenvalue weighted by Crippen LogP contribution is 2.10. The normalized spacial score (nSPS) is 14.4. The van der Waals surface area contributed by atoms with E-state index >= 15 is 0 Å². The van der Waals surface area contributed by atoms with Crippen LogP contribution >= 0.6 is 0 Å². The number of aliphatic hydroxyl groups is 1. The van der Waals surface area contributed by atoms with Gasteiger partial charge in [-0.3, -0.25) is 9.59 Å². The second-order valence-corrected chi connectivity index (χ2v) is 8.61. The number of ether oxygens (including phenoxy) is 1. The highest BCUT2D eigenvalue weighted by molar-refractivity contribution is 5.71. The minimum Gasteiger partial charge on any atom is -0.481 e. The fraction of sp³-hybridized carbons (Fsp3) is 0.739. The van der Waals surface area contributed by atoms with Crippen LogP contribution in [0.25, 0.3) is 0 Å². The lowest BCUT2D eigenvalue weighted by Gasteiger charge is -2.28. The lowest BCUT2D eigenvalue weighted by atomic mass is 10.1. The van der Waals surface area contributed by atoms with Gasteiger partial charge < -0.3 is 19.4 Å². The molecule has 0 saturated carbocycles. The molecular formula is C23H42NO5+. The van der Waals surface area contributed by atoms with Crippen LogP contribution < -0.4 is 0 Å². The third-order valence-electron chi connectivity index (χ3n) is 4.30. The summed E-state index contributed by atoms with van der Waals surface area (Å²) in [5, 5.41) is 18.8. The van der Waals surface area contributed by atoms with Crippen molar-refractivity contribution in [3.05, 3.63) is 24.3 Å². The molecule has 0 bridgehead atoms. The number of carboxylic acid groups (broad SMARTS) is 1. The molecule has 0 heterocycles. The molecule has 2 atom stereocenters. The maximum absolute atomic E-state index is 12.0. The number of carboxylic acids is 1. The zero-order chi connectivity index (χ0) is 22.1. The van der Waals surface area contributed by atoms with Crippen molar-refractivity contribution in [3.63, 3.8) is 0 Å². The number of carbonyl (C=O) groups is 2. The lowest BCUT2D eigenvalue weighted by Crippen LogP contribution is -2.43. The average molecular weight is 413 g/mol. The number of allylic oxidation sites excluding steroid dienone is 3. The third-order valence-corrected chi connectivity index (χ3v) is 4.30. The molecule has 0 aliphatic rings. The van der Waals surface area contributed by atoms with Gasteiger partial charge in [-0.2, -0.15) is 0 Å². The number of esters is 1. The summed E-state index contributed by atoms with van der Waals surface area (Å²) < 4.78 is 5.92. The molecule has 0 rings (SSSR count). The molecule has 0 saturated heterocycles. The van der Waals surface area contributed by atoms with Gasteiger partial charge in [-0.15, -0.1) is 0 Å². The molecule has 0 radical (unpaired) electrons. The minimum atomic E-state index is -0.953. The fourth-order valence-electron chi connectivity index (χ4n) is 2.92. The quantitative estimate of drug-likeness (QED) is 0.163.